The van der Waals surface area contributed by atoms with E-state index < -0.39 is 5.91 Å². The first-order chi connectivity index (χ1) is 7.61. The summed E-state index contributed by atoms with van der Waals surface area (Å²) >= 11 is 3.26. The van der Waals surface area contributed by atoms with E-state index in [9.17, 15) is 4.79 Å². The van der Waals surface area contributed by atoms with Gasteiger partial charge in [0.2, 0.25) is 0 Å². The second-order valence-electron chi connectivity index (χ2n) is 3.24. The highest BCUT2D eigenvalue weighted by Crippen LogP contribution is 2.24. The van der Waals surface area contributed by atoms with E-state index in [0.29, 0.717) is 9.99 Å². The van der Waals surface area contributed by atoms with Gasteiger partial charge in [0.1, 0.15) is 11.4 Å². The molecular formula is C11H9BrN2O2. The van der Waals surface area contributed by atoms with Gasteiger partial charge >= 0.3 is 0 Å². The van der Waals surface area contributed by atoms with Crippen LogP contribution in [0.1, 0.15) is 10.5 Å². The fourth-order valence-electron chi connectivity index (χ4n) is 1.43. The zero-order valence-electron chi connectivity index (χ0n) is 8.53. The number of hydrogen-bond donors (Lipinski definition) is 1. The largest absolute Gasteiger partial charge is 0.497 e. The summed E-state index contributed by atoms with van der Waals surface area (Å²) in [6.07, 6.45) is 0. The van der Waals surface area contributed by atoms with Gasteiger partial charge in [0.25, 0.3) is 5.91 Å². The maximum atomic E-state index is 11.1. The molecule has 0 spiro atoms. The van der Waals surface area contributed by atoms with Crippen LogP contribution in [-0.2, 0) is 0 Å². The van der Waals surface area contributed by atoms with E-state index in [1.807, 2.05) is 6.07 Å². The second-order valence-corrected chi connectivity index (χ2v) is 4.10. The molecule has 2 rings (SSSR count). The number of nitrogens with zero attached hydrogens (tertiary/aromatic N) is 1. The predicted molar refractivity (Wildman–Crippen MR) is 64.5 cm³/mol. The van der Waals surface area contributed by atoms with Crippen LogP contribution in [0.15, 0.2) is 28.7 Å². The van der Waals surface area contributed by atoms with Crippen molar-refractivity contribution in [3.05, 3.63) is 34.4 Å². The third-order valence-electron chi connectivity index (χ3n) is 2.21. The number of rotatable bonds is 2. The lowest BCUT2D eigenvalue weighted by Crippen LogP contribution is -2.13. The van der Waals surface area contributed by atoms with Crippen LogP contribution in [0.4, 0.5) is 0 Å². The Bertz CT molecular complexity index is 569. The van der Waals surface area contributed by atoms with Crippen molar-refractivity contribution < 1.29 is 9.53 Å². The fourth-order valence-corrected chi connectivity index (χ4v) is 1.96. The van der Waals surface area contributed by atoms with Gasteiger partial charge in [-0.1, -0.05) is 0 Å². The summed E-state index contributed by atoms with van der Waals surface area (Å²) in [6.45, 7) is 0. The van der Waals surface area contributed by atoms with Crippen LogP contribution in [-0.4, -0.2) is 18.0 Å². The number of primary amides is 1. The fraction of sp³-hybridized carbons (Fsp3) is 0.0909. The average molecular weight is 281 g/mol. The van der Waals surface area contributed by atoms with Crippen LogP contribution < -0.4 is 10.5 Å². The molecule has 0 unspecified atom stereocenters. The standard InChI is InChI=1S/C11H9BrN2O2/c1-16-7-2-3-9-6(4-7)5-8(12)10(14-9)11(13)15/h2-5H,1H3,(H2,13,15). The van der Waals surface area contributed by atoms with Gasteiger partial charge < -0.3 is 10.5 Å². The Kier molecular flexibility index (Phi) is 2.78. The van der Waals surface area contributed by atoms with Crippen molar-refractivity contribution in [3.63, 3.8) is 0 Å². The first-order valence-electron chi connectivity index (χ1n) is 4.56. The molecule has 0 atom stereocenters. The first-order valence-corrected chi connectivity index (χ1v) is 5.35. The normalized spacial score (nSPS) is 10.4. The van der Waals surface area contributed by atoms with Crippen molar-refractivity contribution in [3.8, 4) is 5.75 Å². The molecule has 4 nitrogen and oxygen atoms in total. The third kappa shape index (κ3) is 1.86. The molecule has 1 amide bonds. The molecule has 0 saturated heterocycles. The lowest BCUT2D eigenvalue weighted by molar-refractivity contribution is 0.0995. The SMILES string of the molecule is COc1ccc2nc(C(N)=O)c(Br)cc2c1. The van der Waals surface area contributed by atoms with E-state index in [1.165, 1.54) is 0 Å². The summed E-state index contributed by atoms with van der Waals surface area (Å²) in [7, 11) is 1.60. The Balaban J connectivity index is 2.68. The third-order valence-corrected chi connectivity index (χ3v) is 2.81. The molecule has 82 valence electrons. The smallest absolute Gasteiger partial charge is 0.268 e. The van der Waals surface area contributed by atoms with E-state index >= 15 is 0 Å². The Labute approximate surface area is 101 Å². The highest BCUT2D eigenvalue weighted by molar-refractivity contribution is 9.10. The molecule has 0 fully saturated rings. The monoisotopic (exact) mass is 280 g/mol. The van der Waals surface area contributed by atoms with Crippen molar-refractivity contribution >= 4 is 32.7 Å². The Morgan fingerprint density at radius 2 is 2.19 bits per heavy atom. The maximum Gasteiger partial charge on any atom is 0.268 e. The van der Waals surface area contributed by atoms with Crippen molar-refractivity contribution in [2.75, 3.05) is 7.11 Å². The molecule has 0 bridgehead atoms. The minimum Gasteiger partial charge on any atom is -0.497 e. The van der Waals surface area contributed by atoms with Crippen LogP contribution in [0.5, 0.6) is 5.75 Å². The molecule has 0 radical (unpaired) electrons. The number of amides is 1. The molecule has 0 aliphatic rings. The van der Waals surface area contributed by atoms with Gasteiger partial charge in [-0.2, -0.15) is 0 Å². The minimum atomic E-state index is -0.551. The van der Waals surface area contributed by atoms with Crippen molar-refractivity contribution in [2.45, 2.75) is 0 Å². The van der Waals surface area contributed by atoms with Gasteiger partial charge in [0.15, 0.2) is 0 Å². The molecule has 2 aromatic rings. The number of aromatic nitrogens is 1. The number of pyridine rings is 1. The van der Waals surface area contributed by atoms with E-state index in [2.05, 4.69) is 20.9 Å². The molecule has 1 aromatic carbocycles. The number of ether oxygens (including phenoxy) is 1. The van der Waals surface area contributed by atoms with E-state index in [0.717, 1.165) is 11.1 Å². The Morgan fingerprint density at radius 3 is 2.81 bits per heavy atom. The summed E-state index contributed by atoms with van der Waals surface area (Å²) < 4.78 is 5.69. The topological polar surface area (TPSA) is 65.2 Å². The summed E-state index contributed by atoms with van der Waals surface area (Å²) in [5.74, 6) is 0.192. The number of methoxy groups -OCH3 is 1. The Morgan fingerprint density at radius 1 is 1.44 bits per heavy atom. The summed E-state index contributed by atoms with van der Waals surface area (Å²) in [5.41, 5.74) is 6.15. The molecule has 1 heterocycles. The van der Waals surface area contributed by atoms with Gasteiger partial charge in [-0.3, -0.25) is 4.79 Å². The number of nitrogens with two attached hydrogens (primary N) is 1. The molecule has 1 aromatic heterocycles. The van der Waals surface area contributed by atoms with Gasteiger partial charge in [0, 0.05) is 9.86 Å². The lowest BCUT2D eigenvalue weighted by Gasteiger charge is -2.05. The summed E-state index contributed by atoms with van der Waals surface area (Å²) in [6, 6.07) is 7.21. The molecular weight excluding hydrogens is 272 g/mol. The van der Waals surface area contributed by atoms with Crippen LogP contribution in [0.3, 0.4) is 0 Å². The summed E-state index contributed by atoms with van der Waals surface area (Å²) in [4.78, 5) is 15.3. The molecule has 16 heavy (non-hydrogen) atoms. The molecule has 0 aliphatic carbocycles. The van der Waals surface area contributed by atoms with Crippen LogP contribution >= 0.6 is 15.9 Å². The van der Waals surface area contributed by atoms with Gasteiger partial charge in [-0.15, -0.1) is 0 Å². The zero-order valence-corrected chi connectivity index (χ0v) is 10.1. The number of benzene rings is 1. The minimum absolute atomic E-state index is 0.234. The average Bonchev–Trinajstić information content (AvgIpc) is 2.27. The van der Waals surface area contributed by atoms with Crippen LogP contribution in [0, 0.1) is 0 Å². The second kappa shape index (κ2) is 4.09. The van der Waals surface area contributed by atoms with Crippen molar-refractivity contribution in [2.24, 2.45) is 5.73 Å². The zero-order chi connectivity index (χ0) is 11.7. The van der Waals surface area contributed by atoms with Crippen LogP contribution in [0.25, 0.3) is 10.9 Å². The van der Waals surface area contributed by atoms with Gasteiger partial charge in [0.05, 0.1) is 12.6 Å². The molecule has 0 saturated carbocycles. The number of carbonyl (C=O) groups is 1. The van der Waals surface area contributed by atoms with E-state index in [-0.39, 0.29) is 5.69 Å². The quantitative estimate of drug-likeness (QED) is 0.916. The lowest BCUT2D eigenvalue weighted by atomic mass is 10.2. The maximum absolute atomic E-state index is 11.1. The number of carbonyl (C=O) groups excluding carboxylic acids is 1. The number of halogens is 1. The first kappa shape index (κ1) is 10.9. The predicted octanol–water partition coefficient (Wildman–Crippen LogP) is 2.10. The van der Waals surface area contributed by atoms with Gasteiger partial charge in [-0.25, -0.2) is 4.98 Å². The van der Waals surface area contributed by atoms with E-state index in [4.69, 9.17) is 10.5 Å². The van der Waals surface area contributed by atoms with E-state index in [1.54, 1.807) is 25.3 Å². The van der Waals surface area contributed by atoms with Crippen LogP contribution in [0.2, 0.25) is 0 Å². The molecule has 0 aliphatic heterocycles. The Hall–Kier alpha value is -1.62. The highest BCUT2D eigenvalue weighted by Gasteiger charge is 2.10. The van der Waals surface area contributed by atoms with Crippen molar-refractivity contribution in [1.82, 2.24) is 4.98 Å². The molecule has 2 N–H and O–H groups in total. The van der Waals surface area contributed by atoms with Gasteiger partial charge in [-0.05, 0) is 40.2 Å². The molecule has 5 heteroatoms. The number of fused-ring (bicyclic) bond motifs is 1. The summed E-state index contributed by atoms with van der Waals surface area (Å²) in [5, 5.41) is 0.885. The van der Waals surface area contributed by atoms with Crippen molar-refractivity contribution in [1.29, 1.82) is 0 Å². The highest BCUT2D eigenvalue weighted by atomic mass is 79.9. The number of hydrogen-bond acceptors (Lipinski definition) is 3.